The third-order valence-electron chi connectivity index (χ3n) is 2.46. The molecule has 82 valence electrons. The van der Waals surface area contributed by atoms with E-state index in [4.69, 9.17) is 5.11 Å². The van der Waals surface area contributed by atoms with Gasteiger partial charge in [0.2, 0.25) is 10.0 Å². The van der Waals surface area contributed by atoms with Crippen molar-refractivity contribution in [2.45, 2.75) is 37.5 Å². The number of hydrogen-bond donors (Lipinski definition) is 1. The van der Waals surface area contributed by atoms with Gasteiger partial charge >= 0.3 is 5.97 Å². The maximum atomic E-state index is 11.7. The van der Waals surface area contributed by atoms with Crippen LogP contribution < -0.4 is 0 Å². The maximum Gasteiger partial charge on any atom is 0.321 e. The van der Waals surface area contributed by atoms with Gasteiger partial charge in [0.1, 0.15) is 6.04 Å². The molecule has 0 amide bonds. The third-order valence-corrected chi connectivity index (χ3v) is 4.83. The van der Waals surface area contributed by atoms with Gasteiger partial charge in [0.05, 0.1) is 5.25 Å². The minimum absolute atomic E-state index is 0.289. The number of carbonyl (C=O) groups is 1. The van der Waals surface area contributed by atoms with Gasteiger partial charge in [-0.25, -0.2) is 8.42 Å². The lowest BCUT2D eigenvalue weighted by Crippen LogP contribution is -2.43. The molecule has 0 aromatic heterocycles. The van der Waals surface area contributed by atoms with E-state index in [1.54, 1.807) is 6.92 Å². The standard InChI is InChI=1S/C8H15NO4S/c1-3-7(8(10)11)9(2)14(12,13)6-4-5-6/h6-7H,3-5H2,1-2H3,(H,10,11). The van der Waals surface area contributed by atoms with E-state index in [0.717, 1.165) is 4.31 Å². The van der Waals surface area contributed by atoms with E-state index in [9.17, 15) is 13.2 Å². The van der Waals surface area contributed by atoms with Crippen molar-refractivity contribution in [3.05, 3.63) is 0 Å². The molecule has 0 aromatic carbocycles. The largest absolute Gasteiger partial charge is 0.480 e. The second kappa shape index (κ2) is 3.86. The summed E-state index contributed by atoms with van der Waals surface area (Å²) in [6.07, 6.45) is 1.60. The van der Waals surface area contributed by atoms with E-state index in [-0.39, 0.29) is 11.7 Å². The van der Waals surface area contributed by atoms with Gasteiger partial charge in [0.25, 0.3) is 0 Å². The molecule has 0 heterocycles. The second-order valence-electron chi connectivity index (χ2n) is 3.52. The van der Waals surface area contributed by atoms with Crippen molar-refractivity contribution in [1.29, 1.82) is 0 Å². The van der Waals surface area contributed by atoms with Crippen molar-refractivity contribution in [3.63, 3.8) is 0 Å². The Morgan fingerprint density at radius 2 is 2.07 bits per heavy atom. The van der Waals surface area contributed by atoms with Gasteiger partial charge in [-0.2, -0.15) is 4.31 Å². The summed E-state index contributed by atoms with van der Waals surface area (Å²) in [5.74, 6) is -1.08. The molecule has 0 radical (unpaired) electrons. The molecule has 1 fully saturated rings. The number of aliphatic carboxylic acids is 1. The fraction of sp³-hybridized carbons (Fsp3) is 0.875. The van der Waals surface area contributed by atoms with Crippen LogP contribution in [0.5, 0.6) is 0 Å². The van der Waals surface area contributed by atoms with E-state index < -0.39 is 22.0 Å². The number of carboxylic acids is 1. The summed E-state index contributed by atoms with van der Waals surface area (Å²) in [7, 11) is -2.03. The zero-order valence-electron chi connectivity index (χ0n) is 8.30. The van der Waals surface area contributed by atoms with Gasteiger partial charge in [0, 0.05) is 7.05 Å². The highest BCUT2D eigenvalue weighted by molar-refractivity contribution is 7.90. The molecule has 1 aliphatic carbocycles. The highest BCUT2D eigenvalue weighted by Crippen LogP contribution is 2.31. The molecule has 0 aromatic rings. The lowest BCUT2D eigenvalue weighted by atomic mass is 10.2. The number of carboxylic acid groups (broad SMARTS) is 1. The van der Waals surface area contributed by atoms with Crippen molar-refractivity contribution >= 4 is 16.0 Å². The summed E-state index contributed by atoms with van der Waals surface area (Å²) < 4.78 is 24.3. The van der Waals surface area contributed by atoms with E-state index >= 15 is 0 Å². The van der Waals surface area contributed by atoms with Gasteiger partial charge in [0.15, 0.2) is 0 Å². The first-order valence-corrected chi connectivity index (χ1v) is 6.11. The molecule has 1 unspecified atom stereocenters. The molecule has 1 saturated carbocycles. The average molecular weight is 221 g/mol. The molecule has 0 bridgehead atoms. The Labute approximate surface area is 83.8 Å². The topological polar surface area (TPSA) is 74.7 Å². The van der Waals surface area contributed by atoms with E-state index in [1.807, 2.05) is 0 Å². The van der Waals surface area contributed by atoms with Crippen molar-refractivity contribution in [3.8, 4) is 0 Å². The predicted molar refractivity (Wildman–Crippen MR) is 51.4 cm³/mol. The Hall–Kier alpha value is -0.620. The van der Waals surface area contributed by atoms with Crippen molar-refractivity contribution in [1.82, 2.24) is 4.31 Å². The molecular weight excluding hydrogens is 206 g/mol. The molecule has 14 heavy (non-hydrogen) atoms. The lowest BCUT2D eigenvalue weighted by molar-refractivity contribution is -0.141. The summed E-state index contributed by atoms with van der Waals surface area (Å²) >= 11 is 0. The zero-order chi connectivity index (χ0) is 10.9. The van der Waals surface area contributed by atoms with Gasteiger partial charge in [-0.15, -0.1) is 0 Å². The van der Waals surface area contributed by atoms with Gasteiger partial charge in [-0.3, -0.25) is 4.79 Å². The van der Waals surface area contributed by atoms with Crippen LogP contribution in [-0.2, 0) is 14.8 Å². The van der Waals surface area contributed by atoms with Crippen LogP contribution in [0.25, 0.3) is 0 Å². The summed E-state index contributed by atoms with van der Waals surface area (Å²) in [5, 5.41) is 8.46. The molecule has 0 spiro atoms. The monoisotopic (exact) mass is 221 g/mol. The number of nitrogens with zero attached hydrogens (tertiary/aromatic N) is 1. The number of sulfonamides is 1. The minimum Gasteiger partial charge on any atom is -0.480 e. The predicted octanol–water partition coefficient (Wildman–Crippen LogP) is 0.274. The summed E-state index contributed by atoms with van der Waals surface area (Å²) in [6, 6.07) is -0.930. The van der Waals surface area contributed by atoms with E-state index in [0.29, 0.717) is 12.8 Å². The normalized spacial score (nSPS) is 19.6. The van der Waals surface area contributed by atoms with Crippen LogP contribution in [-0.4, -0.2) is 42.1 Å². The van der Waals surface area contributed by atoms with E-state index in [1.165, 1.54) is 7.05 Å². The maximum absolute atomic E-state index is 11.7. The molecule has 6 heteroatoms. The van der Waals surface area contributed by atoms with Crippen LogP contribution in [0.4, 0.5) is 0 Å². The SMILES string of the molecule is CCC(C(=O)O)N(C)S(=O)(=O)C1CC1. The van der Waals surface area contributed by atoms with Gasteiger partial charge in [-0.1, -0.05) is 6.92 Å². The fourth-order valence-electron chi connectivity index (χ4n) is 1.37. The molecule has 1 atom stereocenters. The number of hydrogen-bond acceptors (Lipinski definition) is 3. The minimum atomic E-state index is -3.37. The first kappa shape index (κ1) is 11.5. The van der Waals surface area contributed by atoms with Crippen LogP contribution in [0, 0.1) is 0 Å². The van der Waals surface area contributed by atoms with Crippen LogP contribution in [0.1, 0.15) is 26.2 Å². The lowest BCUT2D eigenvalue weighted by Gasteiger charge is -2.22. The zero-order valence-corrected chi connectivity index (χ0v) is 9.12. The van der Waals surface area contributed by atoms with Crippen molar-refractivity contribution < 1.29 is 18.3 Å². The van der Waals surface area contributed by atoms with Crippen LogP contribution in [0.15, 0.2) is 0 Å². The Bertz CT molecular complexity index is 320. The molecule has 1 aliphatic rings. The summed E-state index contributed by atoms with van der Waals surface area (Å²) in [6.45, 7) is 1.66. The fourth-order valence-corrected chi connectivity index (χ4v) is 3.16. The Morgan fingerprint density at radius 1 is 1.57 bits per heavy atom. The molecule has 0 saturated heterocycles. The number of rotatable bonds is 5. The molecule has 0 aliphatic heterocycles. The highest BCUT2D eigenvalue weighted by atomic mass is 32.2. The third kappa shape index (κ3) is 2.06. The first-order valence-electron chi connectivity index (χ1n) is 4.61. The van der Waals surface area contributed by atoms with Crippen LogP contribution in [0.3, 0.4) is 0 Å². The van der Waals surface area contributed by atoms with Crippen molar-refractivity contribution in [2.75, 3.05) is 7.05 Å². The molecular formula is C8H15NO4S. The molecule has 1 rings (SSSR count). The average Bonchev–Trinajstić information content (AvgIpc) is 2.86. The van der Waals surface area contributed by atoms with Crippen LogP contribution in [0.2, 0.25) is 0 Å². The van der Waals surface area contributed by atoms with E-state index in [2.05, 4.69) is 0 Å². The second-order valence-corrected chi connectivity index (χ2v) is 5.80. The first-order chi connectivity index (χ1) is 6.41. The Kier molecular flexibility index (Phi) is 3.16. The smallest absolute Gasteiger partial charge is 0.321 e. The Morgan fingerprint density at radius 3 is 2.36 bits per heavy atom. The van der Waals surface area contributed by atoms with Gasteiger partial charge < -0.3 is 5.11 Å². The quantitative estimate of drug-likeness (QED) is 0.723. The summed E-state index contributed by atoms with van der Waals surface area (Å²) in [4.78, 5) is 10.8. The Balaban J connectivity index is 2.81. The number of likely N-dealkylation sites (N-methyl/N-ethyl adjacent to an activating group) is 1. The van der Waals surface area contributed by atoms with Crippen LogP contribution >= 0.6 is 0 Å². The van der Waals surface area contributed by atoms with Gasteiger partial charge in [-0.05, 0) is 19.3 Å². The molecule has 5 nitrogen and oxygen atoms in total. The highest BCUT2D eigenvalue weighted by Gasteiger charge is 2.42. The summed E-state index contributed by atoms with van der Waals surface area (Å²) in [5.41, 5.74) is 0. The van der Waals surface area contributed by atoms with Crippen molar-refractivity contribution in [2.24, 2.45) is 0 Å². The molecule has 1 N–H and O–H groups in total.